The maximum atomic E-state index is 13.3. The van der Waals surface area contributed by atoms with Crippen LogP contribution >= 0.6 is 0 Å². The molecule has 1 atom stereocenters. The summed E-state index contributed by atoms with van der Waals surface area (Å²) in [4.78, 5) is 11.1. The summed E-state index contributed by atoms with van der Waals surface area (Å²) in [6.07, 6.45) is 3.35. The highest BCUT2D eigenvalue weighted by Crippen LogP contribution is 2.38. The largest absolute Gasteiger partial charge is 0.382 e. The van der Waals surface area contributed by atoms with Crippen molar-refractivity contribution in [3.8, 4) is 0 Å². The van der Waals surface area contributed by atoms with E-state index in [1.54, 1.807) is 6.07 Å². The second kappa shape index (κ2) is 4.59. The lowest BCUT2D eigenvalue weighted by atomic mass is 9.92. The molecular weight excluding hydrogens is 231 g/mol. The Labute approximate surface area is 107 Å². The number of benzene rings is 1. The number of anilines is 1. The normalized spacial score (nSPS) is 21.8. The molecule has 1 fully saturated rings. The molecular formula is C14H19FN2O. The van der Waals surface area contributed by atoms with Crippen molar-refractivity contribution in [2.45, 2.75) is 39.2 Å². The third-order valence-electron chi connectivity index (χ3n) is 3.57. The lowest BCUT2D eigenvalue weighted by molar-refractivity contribution is 0.0996. The van der Waals surface area contributed by atoms with Crippen LogP contribution in [-0.4, -0.2) is 11.9 Å². The van der Waals surface area contributed by atoms with Crippen LogP contribution in [0.1, 0.15) is 43.5 Å². The van der Waals surface area contributed by atoms with Crippen molar-refractivity contribution in [3.63, 3.8) is 0 Å². The molecule has 18 heavy (non-hydrogen) atoms. The zero-order valence-electron chi connectivity index (χ0n) is 10.8. The third kappa shape index (κ3) is 2.81. The minimum Gasteiger partial charge on any atom is -0.382 e. The van der Waals surface area contributed by atoms with Gasteiger partial charge in [-0.1, -0.05) is 13.8 Å². The van der Waals surface area contributed by atoms with Crippen LogP contribution in [0, 0.1) is 11.2 Å². The second-order valence-corrected chi connectivity index (χ2v) is 5.81. The number of nitrogens with two attached hydrogens (primary N) is 1. The van der Waals surface area contributed by atoms with Gasteiger partial charge in [0.15, 0.2) is 0 Å². The van der Waals surface area contributed by atoms with Gasteiger partial charge >= 0.3 is 0 Å². The number of hydrogen-bond donors (Lipinski definition) is 2. The molecule has 0 heterocycles. The van der Waals surface area contributed by atoms with Gasteiger partial charge in [0.2, 0.25) is 0 Å². The molecule has 0 aliphatic heterocycles. The molecule has 1 aromatic carbocycles. The fraction of sp³-hybridized carbons (Fsp3) is 0.500. The van der Waals surface area contributed by atoms with Crippen molar-refractivity contribution in [3.05, 3.63) is 29.6 Å². The molecule has 1 aliphatic carbocycles. The summed E-state index contributed by atoms with van der Waals surface area (Å²) >= 11 is 0. The van der Waals surface area contributed by atoms with Gasteiger partial charge in [0.05, 0.1) is 5.56 Å². The first-order valence-corrected chi connectivity index (χ1v) is 6.23. The Morgan fingerprint density at radius 1 is 1.50 bits per heavy atom. The molecule has 3 N–H and O–H groups in total. The van der Waals surface area contributed by atoms with Crippen molar-refractivity contribution >= 4 is 11.6 Å². The van der Waals surface area contributed by atoms with Gasteiger partial charge in [0, 0.05) is 11.7 Å². The van der Waals surface area contributed by atoms with E-state index in [-0.39, 0.29) is 5.56 Å². The number of hydrogen-bond acceptors (Lipinski definition) is 2. The average Bonchev–Trinajstić information content (AvgIpc) is 2.60. The van der Waals surface area contributed by atoms with Gasteiger partial charge in [-0.3, -0.25) is 4.79 Å². The highest BCUT2D eigenvalue weighted by molar-refractivity contribution is 5.94. The maximum Gasteiger partial charge on any atom is 0.251 e. The molecule has 1 aromatic rings. The Kier molecular flexibility index (Phi) is 3.28. The van der Waals surface area contributed by atoms with Crippen LogP contribution in [-0.2, 0) is 0 Å². The predicted molar refractivity (Wildman–Crippen MR) is 70.0 cm³/mol. The Morgan fingerprint density at radius 2 is 2.22 bits per heavy atom. The van der Waals surface area contributed by atoms with Gasteiger partial charge in [-0.2, -0.15) is 0 Å². The first kappa shape index (κ1) is 12.9. The van der Waals surface area contributed by atoms with Crippen LogP contribution in [0.25, 0.3) is 0 Å². The summed E-state index contributed by atoms with van der Waals surface area (Å²) < 4.78 is 13.3. The number of nitrogens with one attached hydrogen (secondary N) is 1. The minimum absolute atomic E-state index is 0.0581. The summed E-state index contributed by atoms with van der Waals surface area (Å²) in [6, 6.07) is 4.80. The Balaban J connectivity index is 2.11. The number of rotatable bonds is 3. The van der Waals surface area contributed by atoms with Crippen LogP contribution in [0.15, 0.2) is 18.2 Å². The van der Waals surface area contributed by atoms with E-state index in [0.29, 0.717) is 11.5 Å². The van der Waals surface area contributed by atoms with Crippen LogP contribution in [0.2, 0.25) is 0 Å². The van der Waals surface area contributed by atoms with Crippen molar-refractivity contribution in [2.24, 2.45) is 11.1 Å². The van der Waals surface area contributed by atoms with E-state index in [1.165, 1.54) is 18.6 Å². The summed E-state index contributed by atoms with van der Waals surface area (Å²) in [7, 11) is 0. The molecule has 1 unspecified atom stereocenters. The quantitative estimate of drug-likeness (QED) is 0.866. The molecule has 0 spiro atoms. The number of amides is 1. The molecule has 1 amide bonds. The molecule has 1 saturated carbocycles. The standard InChI is InChI=1S/C14H19FN2O/c1-14(2)6-5-10(8-14)17-9-3-4-12(15)11(7-9)13(16)18/h3-4,7,10,17H,5-6,8H2,1-2H3,(H2,16,18). The van der Waals surface area contributed by atoms with Gasteiger partial charge < -0.3 is 11.1 Å². The van der Waals surface area contributed by atoms with Gasteiger partial charge in [-0.05, 0) is 42.9 Å². The van der Waals surface area contributed by atoms with Crippen LogP contribution in [0.3, 0.4) is 0 Å². The summed E-state index contributed by atoms with van der Waals surface area (Å²) in [5.74, 6) is -1.30. The van der Waals surface area contributed by atoms with Crippen molar-refractivity contribution < 1.29 is 9.18 Å². The van der Waals surface area contributed by atoms with E-state index >= 15 is 0 Å². The molecule has 1 aliphatic rings. The average molecular weight is 250 g/mol. The van der Waals surface area contributed by atoms with E-state index in [9.17, 15) is 9.18 Å². The fourth-order valence-electron chi connectivity index (χ4n) is 2.60. The monoisotopic (exact) mass is 250 g/mol. The van der Waals surface area contributed by atoms with Gasteiger partial charge in [0.1, 0.15) is 5.82 Å². The van der Waals surface area contributed by atoms with Crippen molar-refractivity contribution in [1.29, 1.82) is 0 Å². The summed E-state index contributed by atoms with van der Waals surface area (Å²) in [6.45, 7) is 4.49. The minimum atomic E-state index is -0.733. The Morgan fingerprint density at radius 3 is 2.78 bits per heavy atom. The van der Waals surface area contributed by atoms with E-state index < -0.39 is 11.7 Å². The number of carbonyl (C=O) groups is 1. The Bertz CT molecular complexity index is 471. The Hall–Kier alpha value is -1.58. The van der Waals surface area contributed by atoms with Crippen LogP contribution in [0.5, 0.6) is 0 Å². The zero-order chi connectivity index (χ0) is 13.3. The van der Waals surface area contributed by atoms with E-state index in [4.69, 9.17) is 5.73 Å². The highest BCUT2D eigenvalue weighted by atomic mass is 19.1. The topological polar surface area (TPSA) is 55.1 Å². The lowest BCUT2D eigenvalue weighted by Crippen LogP contribution is -2.19. The fourth-order valence-corrected chi connectivity index (χ4v) is 2.60. The molecule has 0 radical (unpaired) electrons. The maximum absolute atomic E-state index is 13.3. The zero-order valence-corrected chi connectivity index (χ0v) is 10.8. The third-order valence-corrected chi connectivity index (χ3v) is 3.57. The predicted octanol–water partition coefficient (Wildman–Crippen LogP) is 2.92. The first-order valence-electron chi connectivity index (χ1n) is 6.23. The first-order chi connectivity index (χ1) is 8.37. The highest BCUT2D eigenvalue weighted by Gasteiger charge is 2.30. The molecule has 0 bridgehead atoms. The summed E-state index contributed by atoms with van der Waals surface area (Å²) in [5.41, 5.74) is 6.18. The van der Waals surface area contributed by atoms with Crippen LogP contribution in [0.4, 0.5) is 10.1 Å². The van der Waals surface area contributed by atoms with Gasteiger partial charge in [-0.25, -0.2) is 4.39 Å². The molecule has 0 aromatic heterocycles. The molecule has 0 saturated heterocycles. The van der Waals surface area contributed by atoms with Crippen molar-refractivity contribution in [2.75, 3.05) is 5.32 Å². The van der Waals surface area contributed by atoms with Crippen LogP contribution < -0.4 is 11.1 Å². The van der Waals surface area contributed by atoms with Gasteiger partial charge in [-0.15, -0.1) is 0 Å². The SMILES string of the molecule is CC1(C)CCC(Nc2ccc(F)c(C(N)=O)c2)C1. The number of primary amides is 1. The van der Waals surface area contributed by atoms with Gasteiger partial charge in [0.25, 0.3) is 5.91 Å². The smallest absolute Gasteiger partial charge is 0.251 e. The molecule has 4 heteroatoms. The lowest BCUT2D eigenvalue weighted by Gasteiger charge is -2.19. The molecule has 98 valence electrons. The number of halogens is 1. The van der Waals surface area contributed by atoms with E-state index in [1.807, 2.05) is 0 Å². The van der Waals surface area contributed by atoms with E-state index in [0.717, 1.165) is 18.5 Å². The van der Waals surface area contributed by atoms with E-state index in [2.05, 4.69) is 19.2 Å². The molecule has 3 nitrogen and oxygen atoms in total. The molecule has 2 rings (SSSR count). The number of carbonyl (C=O) groups excluding carboxylic acids is 1. The van der Waals surface area contributed by atoms with Crippen molar-refractivity contribution in [1.82, 2.24) is 0 Å². The summed E-state index contributed by atoms with van der Waals surface area (Å²) in [5, 5.41) is 3.34. The second-order valence-electron chi connectivity index (χ2n) is 5.81.